The fraction of sp³-hybridized carbons (Fsp3) is 0.400. The van der Waals surface area contributed by atoms with Crippen molar-refractivity contribution in [2.24, 2.45) is 0 Å². The molecule has 3 N–H and O–H groups in total. The molecule has 0 atom stereocenters. The number of carbonyl (C=O) groups is 1. The van der Waals surface area contributed by atoms with Crippen molar-refractivity contribution in [3.63, 3.8) is 0 Å². The minimum atomic E-state index is -0.250. The third-order valence-electron chi connectivity index (χ3n) is 2.32. The number of aromatic nitrogens is 1. The molecule has 1 fully saturated rings. The van der Waals surface area contributed by atoms with E-state index in [2.05, 4.69) is 21.2 Å². The van der Waals surface area contributed by atoms with Gasteiger partial charge in [-0.1, -0.05) is 0 Å². The normalized spacial score (nSPS) is 14.8. The van der Waals surface area contributed by atoms with E-state index in [0.29, 0.717) is 16.2 Å². The lowest BCUT2D eigenvalue weighted by molar-refractivity contribution is -0.121. The first-order chi connectivity index (χ1) is 7.56. The molecule has 1 aromatic rings. The zero-order valence-corrected chi connectivity index (χ0v) is 10.2. The maximum atomic E-state index is 11.6. The molecule has 0 spiro atoms. The van der Waals surface area contributed by atoms with Crippen molar-refractivity contribution in [3.05, 3.63) is 27.1 Å². The maximum absolute atomic E-state index is 11.6. The summed E-state index contributed by atoms with van der Waals surface area (Å²) < 4.78 is 1.67. The van der Waals surface area contributed by atoms with Gasteiger partial charge in [0, 0.05) is 17.9 Å². The first-order valence-corrected chi connectivity index (χ1v) is 5.80. The Kier molecular flexibility index (Phi) is 3.00. The highest BCUT2D eigenvalue weighted by molar-refractivity contribution is 9.10. The van der Waals surface area contributed by atoms with Crippen LogP contribution >= 0.6 is 15.9 Å². The van der Waals surface area contributed by atoms with E-state index in [1.54, 1.807) is 0 Å². The highest BCUT2D eigenvalue weighted by Gasteiger charge is 2.23. The molecule has 0 saturated heterocycles. The first-order valence-electron chi connectivity index (χ1n) is 5.01. The van der Waals surface area contributed by atoms with E-state index in [1.165, 1.54) is 16.8 Å². The smallest absolute Gasteiger partial charge is 0.265 e. The van der Waals surface area contributed by atoms with E-state index < -0.39 is 0 Å². The third-order valence-corrected chi connectivity index (χ3v) is 2.89. The zero-order valence-electron chi connectivity index (χ0n) is 8.57. The summed E-state index contributed by atoms with van der Waals surface area (Å²) in [5, 5.41) is 2.81. The van der Waals surface area contributed by atoms with Crippen molar-refractivity contribution in [3.8, 4) is 0 Å². The van der Waals surface area contributed by atoms with Gasteiger partial charge in [-0.2, -0.15) is 0 Å². The van der Waals surface area contributed by atoms with Crippen molar-refractivity contribution < 1.29 is 4.79 Å². The van der Waals surface area contributed by atoms with Crippen LogP contribution in [-0.2, 0) is 11.3 Å². The van der Waals surface area contributed by atoms with E-state index in [0.717, 1.165) is 12.8 Å². The minimum Gasteiger partial charge on any atom is -0.398 e. The number of nitrogens with two attached hydrogens (primary N) is 1. The Labute approximate surface area is 101 Å². The molecule has 0 unspecified atom stereocenters. The van der Waals surface area contributed by atoms with Gasteiger partial charge in [-0.15, -0.1) is 0 Å². The Morgan fingerprint density at radius 3 is 2.94 bits per heavy atom. The number of nitrogens with zero attached hydrogens (tertiary/aromatic N) is 1. The van der Waals surface area contributed by atoms with Crippen molar-refractivity contribution in [1.29, 1.82) is 0 Å². The van der Waals surface area contributed by atoms with Crippen LogP contribution in [0.5, 0.6) is 0 Å². The van der Waals surface area contributed by atoms with Gasteiger partial charge in [0.15, 0.2) is 0 Å². The van der Waals surface area contributed by atoms with Crippen LogP contribution < -0.4 is 16.6 Å². The summed E-state index contributed by atoms with van der Waals surface area (Å²) in [5.41, 5.74) is 5.80. The third kappa shape index (κ3) is 2.63. The van der Waals surface area contributed by atoms with Crippen LogP contribution in [0.25, 0.3) is 0 Å². The van der Waals surface area contributed by atoms with Crippen molar-refractivity contribution in [2.45, 2.75) is 25.4 Å². The van der Waals surface area contributed by atoms with Crippen LogP contribution in [0.2, 0.25) is 0 Å². The molecule has 0 aliphatic heterocycles. The maximum Gasteiger partial charge on any atom is 0.265 e. The molecule has 0 radical (unpaired) electrons. The summed E-state index contributed by atoms with van der Waals surface area (Å²) in [5.74, 6) is -0.151. The van der Waals surface area contributed by atoms with Crippen LogP contribution in [0, 0.1) is 0 Å². The van der Waals surface area contributed by atoms with E-state index in [1.807, 2.05) is 0 Å². The molecule has 0 bridgehead atoms. The number of halogens is 1. The van der Waals surface area contributed by atoms with Crippen molar-refractivity contribution in [1.82, 2.24) is 9.88 Å². The van der Waals surface area contributed by atoms with Crippen LogP contribution in [0.15, 0.2) is 21.5 Å². The predicted molar refractivity (Wildman–Crippen MR) is 64.0 cm³/mol. The molecule has 0 aromatic carbocycles. The highest BCUT2D eigenvalue weighted by Crippen LogP contribution is 2.18. The molecule has 1 heterocycles. The van der Waals surface area contributed by atoms with Gasteiger partial charge in [0.05, 0.1) is 4.47 Å². The quantitative estimate of drug-likeness (QED) is 0.848. The Bertz CT molecular complexity index is 479. The highest BCUT2D eigenvalue weighted by atomic mass is 79.9. The lowest BCUT2D eigenvalue weighted by atomic mass is 10.4. The lowest BCUT2D eigenvalue weighted by Gasteiger charge is -2.07. The number of amides is 1. The molecular weight excluding hydrogens is 274 g/mol. The number of nitrogen functional groups attached to an aromatic ring is 1. The van der Waals surface area contributed by atoms with Gasteiger partial charge in [0.2, 0.25) is 5.91 Å². The summed E-state index contributed by atoms with van der Waals surface area (Å²) in [6.07, 6.45) is 3.53. The van der Waals surface area contributed by atoms with Crippen molar-refractivity contribution in [2.75, 3.05) is 5.73 Å². The second kappa shape index (κ2) is 4.29. The van der Waals surface area contributed by atoms with Crippen LogP contribution in [0.3, 0.4) is 0 Å². The standard InChI is InChI=1S/C10H12BrN3O2/c11-8-3-6(12)4-14(10(8)16)5-9(15)13-7-1-2-7/h3-4,7H,1-2,5,12H2,(H,13,15). The van der Waals surface area contributed by atoms with Gasteiger partial charge in [-0.05, 0) is 34.8 Å². The van der Waals surface area contributed by atoms with Crippen LogP contribution in [0.4, 0.5) is 5.69 Å². The number of pyridine rings is 1. The van der Waals surface area contributed by atoms with Gasteiger partial charge >= 0.3 is 0 Å². The molecular formula is C10H12BrN3O2. The van der Waals surface area contributed by atoms with E-state index in [-0.39, 0.29) is 18.0 Å². The van der Waals surface area contributed by atoms with Gasteiger partial charge in [0.1, 0.15) is 6.54 Å². The Hall–Kier alpha value is -1.30. The van der Waals surface area contributed by atoms with Gasteiger partial charge in [-0.25, -0.2) is 0 Å². The summed E-state index contributed by atoms with van der Waals surface area (Å²) in [6, 6.07) is 1.82. The molecule has 1 amide bonds. The molecule has 1 aromatic heterocycles. The summed E-state index contributed by atoms with van der Waals surface area (Å²) in [4.78, 5) is 23.1. The molecule has 86 valence electrons. The molecule has 5 nitrogen and oxygen atoms in total. The average Bonchev–Trinajstić information content (AvgIpc) is 2.97. The predicted octanol–water partition coefficient (Wildman–Crippen LogP) is 0.472. The second-order valence-corrected chi connectivity index (χ2v) is 4.75. The van der Waals surface area contributed by atoms with Gasteiger partial charge in [0.25, 0.3) is 5.56 Å². The number of carbonyl (C=O) groups excluding carboxylic acids is 1. The molecule has 1 aliphatic rings. The fourth-order valence-electron chi connectivity index (χ4n) is 1.39. The van der Waals surface area contributed by atoms with E-state index in [9.17, 15) is 9.59 Å². The topological polar surface area (TPSA) is 77.1 Å². The zero-order chi connectivity index (χ0) is 11.7. The number of anilines is 1. The molecule has 16 heavy (non-hydrogen) atoms. The van der Waals surface area contributed by atoms with E-state index >= 15 is 0 Å². The summed E-state index contributed by atoms with van der Waals surface area (Å²) in [6.45, 7) is 0.0129. The fourth-order valence-corrected chi connectivity index (χ4v) is 1.89. The number of rotatable bonds is 3. The molecule has 2 rings (SSSR count). The van der Waals surface area contributed by atoms with Gasteiger partial charge < -0.3 is 15.6 Å². The Morgan fingerprint density at radius 2 is 2.31 bits per heavy atom. The molecule has 1 aliphatic carbocycles. The van der Waals surface area contributed by atoms with Crippen LogP contribution in [-0.4, -0.2) is 16.5 Å². The second-order valence-electron chi connectivity index (χ2n) is 3.90. The summed E-state index contributed by atoms with van der Waals surface area (Å²) >= 11 is 3.10. The molecule has 1 saturated carbocycles. The number of nitrogens with one attached hydrogen (secondary N) is 1. The SMILES string of the molecule is Nc1cc(Br)c(=O)n(CC(=O)NC2CC2)c1. The van der Waals surface area contributed by atoms with E-state index in [4.69, 9.17) is 5.73 Å². The Morgan fingerprint density at radius 1 is 1.62 bits per heavy atom. The Balaban J connectivity index is 2.13. The minimum absolute atomic E-state index is 0.0129. The summed E-state index contributed by atoms with van der Waals surface area (Å²) in [7, 11) is 0. The monoisotopic (exact) mass is 285 g/mol. The van der Waals surface area contributed by atoms with Crippen molar-refractivity contribution >= 4 is 27.5 Å². The largest absolute Gasteiger partial charge is 0.398 e. The average molecular weight is 286 g/mol. The van der Waals surface area contributed by atoms with Gasteiger partial charge in [-0.3, -0.25) is 9.59 Å². The molecule has 6 heteroatoms. The number of hydrogen-bond acceptors (Lipinski definition) is 3. The lowest BCUT2D eigenvalue weighted by Crippen LogP contribution is -2.33. The number of hydrogen-bond donors (Lipinski definition) is 2. The first kappa shape index (κ1) is 11.2. The van der Waals surface area contributed by atoms with Crippen LogP contribution in [0.1, 0.15) is 12.8 Å².